The fourth-order valence-electron chi connectivity index (χ4n) is 1.76. The summed E-state index contributed by atoms with van der Waals surface area (Å²) in [6.07, 6.45) is 0. The maximum atomic E-state index is 4.64. The first-order chi connectivity index (χ1) is 10.2. The predicted molar refractivity (Wildman–Crippen MR) is 95.2 cm³/mol. The van der Waals surface area contributed by atoms with E-state index >= 15 is 0 Å². The van der Waals surface area contributed by atoms with E-state index in [1.54, 1.807) is 7.05 Å². The second-order valence-electron chi connectivity index (χ2n) is 4.03. The third kappa shape index (κ3) is 5.50. The number of aromatic nitrogens is 1. The highest BCUT2D eigenvalue weighted by Gasteiger charge is 2.04. The van der Waals surface area contributed by atoms with Gasteiger partial charge in [-0.15, -0.1) is 0 Å². The number of benzene rings is 1. The molecule has 0 saturated heterocycles. The predicted octanol–water partition coefficient (Wildman–Crippen LogP) is 5.55. The molecule has 0 spiro atoms. The zero-order chi connectivity index (χ0) is 16.3. The van der Waals surface area contributed by atoms with Crippen molar-refractivity contribution in [1.29, 1.82) is 0 Å². The van der Waals surface area contributed by atoms with Crippen LogP contribution in [0.1, 0.15) is 45.9 Å². The second-order valence-corrected chi connectivity index (χ2v) is 4.03. The summed E-state index contributed by atoms with van der Waals surface area (Å²) in [6.45, 7) is 12.1. The minimum Gasteiger partial charge on any atom is -0.291 e. The Bertz CT molecular complexity index is 557. The molecule has 21 heavy (non-hydrogen) atoms. The van der Waals surface area contributed by atoms with Gasteiger partial charge in [-0.1, -0.05) is 58.0 Å². The molecule has 0 fully saturated rings. The number of rotatable bonds is 2. The summed E-state index contributed by atoms with van der Waals surface area (Å²) in [6, 6.07) is 14.3. The molecule has 2 nitrogen and oxygen atoms in total. The number of hydrogen-bond acceptors (Lipinski definition) is 2. The van der Waals surface area contributed by atoms with Crippen molar-refractivity contribution in [2.45, 2.75) is 41.5 Å². The number of pyridine rings is 1. The summed E-state index contributed by atoms with van der Waals surface area (Å²) < 4.78 is 0. The van der Waals surface area contributed by atoms with Crippen molar-refractivity contribution >= 4 is 5.71 Å². The molecular weight excluding hydrogens is 256 g/mol. The molecule has 0 aliphatic carbocycles. The fraction of sp³-hybridized carbons (Fsp3) is 0.368. The smallest absolute Gasteiger partial charge is 0.0844 e. The summed E-state index contributed by atoms with van der Waals surface area (Å²) >= 11 is 0. The lowest BCUT2D eigenvalue weighted by molar-refractivity contribution is 1.26. The van der Waals surface area contributed by atoms with Gasteiger partial charge in [0.1, 0.15) is 0 Å². The van der Waals surface area contributed by atoms with Crippen LogP contribution in [0.2, 0.25) is 0 Å². The van der Waals surface area contributed by atoms with Crippen LogP contribution in [-0.2, 0) is 0 Å². The SMILES string of the molecule is CC.CC.CN=C(C)c1cccc(-c2ccccc2C)n1. The monoisotopic (exact) mass is 284 g/mol. The summed E-state index contributed by atoms with van der Waals surface area (Å²) in [5, 5.41) is 0. The van der Waals surface area contributed by atoms with Gasteiger partial charge in [0.2, 0.25) is 0 Å². The minimum absolute atomic E-state index is 0.938. The minimum atomic E-state index is 0.938. The summed E-state index contributed by atoms with van der Waals surface area (Å²) in [7, 11) is 1.79. The molecule has 1 aromatic heterocycles. The summed E-state index contributed by atoms with van der Waals surface area (Å²) in [5.41, 5.74) is 5.32. The van der Waals surface area contributed by atoms with Crippen LogP contribution in [0, 0.1) is 6.92 Å². The molecule has 0 saturated carbocycles. The van der Waals surface area contributed by atoms with E-state index in [0.29, 0.717) is 0 Å². The Kier molecular flexibility index (Phi) is 9.78. The van der Waals surface area contributed by atoms with Gasteiger partial charge in [-0.2, -0.15) is 0 Å². The molecule has 114 valence electrons. The van der Waals surface area contributed by atoms with Crippen molar-refractivity contribution in [3.05, 3.63) is 53.7 Å². The third-order valence-corrected chi connectivity index (χ3v) is 2.88. The van der Waals surface area contributed by atoms with Crippen molar-refractivity contribution in [2.75, 3.05) is 7.05 Å². The van der Waals surface area contributed by atoms with Crippen LogP contribution in [-0.4, -0.2) is 17.7 Å². The molecule has 2 aromatic rings. The Morgan fingerprint density at radius 2 is 1.52 bits per heavy atom. The van der Waals surface area contributed by atoms with Gasteiger partial charge in [0.25, 0.3) is 0 Å². The molecule has 0 amide bonds. The van der Waals surface area contributed by atoms with E-state index in [1.807, 2.05) is 65.0 Å². The van der Waals surface area contributed by atoms with Gasteiger partial charge in [0.05, 0.1) is 17.1 Å². The van der Waals surface area contributed by atoms with Gasteiger partial charge < -0.3 is 0 Å². The molecule has 0 aliphatic rings. The van der Waals surface area contributed by atoms with Crippen LogP contribution >= 0.6 is 0 Å². The van der Waals surface area contributed by atoms with E-state index in [4.69, 9.17) is 0 Å². The van der Waals surface area contributed by atoms with Crippen molar-refractivity contribution < 1.29 is 0 Å². The summed E-state index contributed by atoms with van der Waals surface area (Å²) in [5.74, 6) is 0. The van der Waals surface area contributed by atoms with E-state index < -0.39 is 0 Å². The Hall–Kier alpha value is -1.96. The molecule has 2 heteroatoms. The van der Waals surface area contributed by atoms with Crippen LogP contribution in [0.4, 0.5) is 0 Å². The quantitative estimate of drug-likeness (QED) is 0.664. The van der Waals surface area contributed by atoms with E-state index in [9.17, 15) is 0 Å². The zero-order valence-electron chi connectivity index (χ0n) is 14.4. The zero-order valence-corrected chi connectivity index (χ0v) is 14.4. The van der Waals surface area contributed by atoms with Crippen molar-refractivity contribution in [1.82, 2.24) is 4.98 Å². The molecule has 0 bridgehead atoms. The van der Waals surface area contributed by atoms with Gasteiger partial charge in [-0.3, -0.25) is 4.99 Å². The Labute approximate surface area is 130 Å². The van der Waals surface area contributed by atoms with Crippen molar-refractivity contribution in [3.8, 4) is 11.3 Å². The molecule has 0 atom stereocenters. The van der Waals surface area contributed by atoms with Crippen LogP contribution < -0.4 is 0 Å². The maximum Gasteiger partial charge on any atom is 0.0844 e. The van der Waals surface area contributed by atoms with Crippen molar-refractivity contribution in [2.24, 2.45) is 4.99 Å². The molecule has 0 aliphatic heterocycles. The number of aliphatic imine (C=N–C) groups is 1. The first kappa shape index (κ1) is 19.0. The molecule has 0 N–H and O–H groups in total. The highest BCUT2D eigenvalue weighted by atomic mass is 14.8. The van der Waals surface area contributed by atoms with Crippen LogP contribution in [0.25, 0.3) is 11.3 Å². The van der Waals surface area contributed by atoms with E-state index in [1.165, 1.54) is 11.1 Å². The standard InChI is InChI=1S/C15H16N2.2C2H6/c1-11-7-4-5-8-13(11)15-10-6-9-14(17-15)12(2)16-3;2*1-2/h4-10H,1-3H3;2*1-2H3. The lowest BCUT2D eigenvalue weighted by Gasteiger charge is -2.06. The van der Waals surface area contributed by atoms with Gasteiger partial charge in [-0.05, 0) is 31.5 Å². The average molecular weight is 284 g/mol. The van der Waals surface area contributed by atoms with Gasteiger partial charge in [0, 0.05) is 12.6 Å². The Morgan fingerprint density at radius 3 is 2.10 bits per heavy atom. The molecular formula is C19H28N2. The Morgan fingerprint density at radius 1 is 0.905 bits per heavy atom. The van der Waals surface area contributed by atoms with Crippen LogP contribution in [0.3, 0.4) is 0 Å². The highest BCUT2D eigenvalue weighted by molar-refractivity contribution is 5.97. The normalized spacial score (nSPS) is 9.95. The Balaban J connectivity index is 0.000000921. The van der Waals surface area contributed by atoms with Gasteiger partial charge >= 0.3 is 0 Å². The first-order valence-electron chi connectivity index (χ1n) is 7.69. The van der Waals surface area contributed by atoms with E-state index in [2.05, 4.69) is 29.0 Å². The lowest BCUT2D eigenvalue weighted by atomic mass is 10.0. The largest absolute Gasteiger partial charge is 0.291 e. The van der Waals surface area contributed by atoms with Crippen molar-refractivity contribution in [3.63, 3.8) is 0 Å². The highest BCUT2D eigenvalue weighted by Crippen LogP contribution is 2.21. The molecule has 0 unspecified atom stereocenters. The topological polar surface area (TPSA) is 25.2 Å². The molecule has 1 aromatic carbocycles. The first-order valence-corrected chi connectivity index (χ1v) is 7.69. The maximum absolute atomic E-state index is 4.64. The third-order valence-electron chi connectivity index (χ3n) is 2.88. The van der Waals surface area contributed by atoms with Crippen LogP contribution in [0.5, 0.6) is 0 Å². The number of aryl methyl sites for hydroxylation is 1. The fourth-order valence-corrected chi connectivity index (χ4v) is 1.76. The number of hydrogen-bond donors (Lipinski definition) is 0. The molecule has 0 radical (unpaired) electrons. The van der Waals surface area contributed by atoms with Crippen LogP contribution in [0.15, 0.2) is 47.5 Å². The lowest BCUT2D eigenvalue weighted by Crippen LogP contribution is -1.99. The second kappa shape index (κ2) is 10.8. The molecule has 1 heterocycles. The van der Waals surface area contributed by atoms with Gasteiger partial charge in [0.15, 0.2) is 0 Å². The average Bonchev–Trinajstić information content (AvgIpc) is 2.58. The number of nitrogens with zero attached hydrogens (tertiary/aromatic N) is 2. The van der Waals surface area contributed by atoms with Gasteiger partial charge in [-0.25, -0.2) is 4.98 Å². The molecule has 2 rings (SSSR count). The van der Waals surface area contributed by atoms with E-state index in [-0.39, 0.29) is 0 Å². The van der Waals surface area contributed by atoms with E-state index in [0.717, 1.165) is 17.1 Å². The summed E-state index contributed by atoms with van der Waals surface area (Å²) in [4.78, 5) is 8.81.